The molecule has 1 aliphatic rings. The third-order valence-corrected chi connectivity index (χ3v) is 9.04. The van der Waals surface area contributed by atoms with Crippen molar-refractivity contribution in [1.29, 1.82) is 0 Å². The number of benzene rings is 1. The van der Waals surface area contributed by atoms with Gasteiger partial charge < -0.3 is 10.3 Å². The third kappa shape index (κ3) is 3.03. The van der Waals surface area contributed by atoms with Gasteiger partial charge >= 0.3 is 0 Å². The van der Waals surface area contributed by atoms with Gasteiger partial charge in [-0.05, 0) is 18.5 Å². The molecule has 3 aromatic rings. The van der Waals surface area contributed by atoms with Crippen LogP contribution in [0.25, 0.3) is 20.9 Å². The highest BCUT2D eigenvalue weighted by molar-refractivity contribution is 7.21. The first-order chi connectivity index (χ1) is 11.5. The van der Waals surface area contributed by atoms with Gasteiger partial charge in [0.2, 0.25) is 0 Å². The lowest BCUT2D eigenvalue weighted by atomic mass is 10.2. The number of thiazole rings is 1. The number of fused-ring (bicyclic) bond motifs is 1. The van der Waals surface area contributed by atoms with E-state index >= 15 is 0 Å². The number of nitrogens with zero attached hydrogens (tertiary/aromatic N) is 1. The van der Waals surface area contributed by atoms with Crippen molar-refractivity contribution in [2.75, 3.05) is 0 Å². The fraction of sp³-hybridized carbons (Fsp3) is 0.333. The number of amides is 1. The second-order valence-corrected chi connectivity index (χ2v) is 13.6. The van der Waals surface area contributed by atoms with Crippen molar-refractivity contribution < 1.29 is 4.79 Å². The zero-order chi connectivity index (χ0) is 16.7. The maximum Gasteiger partial charge on any atom is 0.268 e. The number of aromatic nitrogens is 2. The Labute approximate surface area is 146 Å². The Bertz CT molecular complexity index is 853. The fourth-order valence-electron chi connectivity index (χ4n) is 3.46. The molecule has 3 heterocycles. The van der Waals surface area contributed by atoms with Crippen LogP contribution in [0.4, 0.5) is 0 Å². The molecule has 0 radical (unpaired) electrons. The van der Waals surface area contributed by atoms with E-state index in [9.17, 15) is 4.79 Å². The van der Waals surface area contributed by atoms with Crippen molar-refractivity contribution in [2.45, 2.75) is 37.6 Å². The van der Waals surface area contributed by atoms with E-state index in [1.165, 1.54) is 12.1 Å². The summed E-state index contributed by atoms with van der Waals surface area (Å²) in [6.45, 7) is 4.80. The minimum atomic E-state index is -1.07. The van der Waals surface area contributed by atoms with Crippen molar-refractivity contribution in [2.24, 2.45) is 0 Å². The van der Waals surface area contributed by atoms with Gasteiger partial charge in [-0.3, -0.25) is 4.79 Å². The van der Waals surface area contributed by atoms with Gasteiger partial charge in [-0.2, -0.15) is 0 Å². The summed E-state index contributed by atoms with van der Waals surface area (Å²) < 4.78 is 1.03. The van der Waals surface area contributed by atoms with Gasteiger partial charge in [-0.15, -0.1) is 11.3 Å². The molecule has 0 aliphatic carbocycles. The van der Waals surface area contributed by atoms with Gasteiger partial charge in [-0.1, -0.05) is 49.5 Å². The summed E-state index contributed by atoms with van der Waals surface area (Å²) in [4.78, 5) is 20.3. The van der Waals surface area contributed by atoms with Gasteiger partial charge in [-0.25, -0.2) is 4.98 Å². The molecular weight excluding hydrogens is 334 g/mol. The number of aromatic amines is 1. The standard InChI is InChI=1S/C18H21N3OSSi/c1-24(2)9-8-13(11-24)19-17(22)14-10-15-16(20-14)21-18(23-15)12-6-4-3-5-7-12/h3-7,10,13,20H,8-9,11H2,1-2H3,(H,19,22). The van der Waals surface area contributed by atoms with Crippen LogP contribution in [-0.4, -0.2) is 30.0 Å². The number of H-pyrrole nitrogens is 1. The molecule has 24 heavy (non-hydrogen) atoms. The first kappa shape index (κ1) is 15.6. The third-order valence-electron chi connectivity index (χ3n) is 4.75. The second kappa shape index (κ2) is 5.86. The highest BCUT2D eigenvalue weighted by atomic mass is 32.1. The van der Waals surface area contributed by atoms with Crippen LogP contribution in [0.1, 0.15) is 16.9 Å². The Kier molecular flexibility index (Phi) is 3.81. The van der Waals surface area contributed by atoms with Gasteiger partial charge in [0.05, 0.1) is 4.70 Å². The van der Waals surface area contributed by atoms with Crippen LogP contribution < -0.4 is 5.32 Å². The summed E-state index contributed by atoms with van der Waals surface area (Å²) in [7, 11) is -1.07. The normalized spacial score (nSPS) is 19.7. The molecule has 0 saturated carbocycles. The summed E-state index contributed by atoms with van der Waals surface area (Å²) in [5.41, 5.74) is 2.52. The molecular formula is C18H21N3OSSi. The van der Waals surface area contributed by atoms with Gasteiger partial charge in [0.25, 0.3) is 5.91 Å². The summed E-state index contributed by atoms with van der Waals surface area (Å²) in [6, 6.07) is 14.9. The van der Waals surface area contributed by atoms with E-state index in [2.05, 4.69) is 40.5 Å². The smallest absolute Gasteiger partial charge is 0.268 e. The molecule has 0 spiro atoms. The van der Waals surface area contributed by atoms with Crippen LogP contribution >= 0.6 is 11.3 Å². The van der Waals surface area contributed by atoms with Crippen molar-refractivity contribution in [3.63, 3.8) is 0 Å². The molecule has 6 heteroatoms. The minimum Gasteiger partial charge on any atom is -0.348 e. The van der Waals surface area contributed by atoms with Gasteiger partial charge in [0.1, 0.15) is 16.3 Å². The Morgan fingerprint density at radius 2 is 2.12 bits per heavy atom. The van der Waals surface area contributed by atoms with E-state index in [4.69, 9.17) is 0 Å². The molecule has 1 atom stereocenters. The number of hydrogen-bond acceptors (Lipinski definition) is 3. The summed E-state index contributed by atoms with van der Waals surface area (Å²) in [5.74, 6) is -0.00170. The average molecular weight is 356 g/mol. The van der Waals surface area contributed by atoms with E-state index < -0.39 is 8.07 Å². The monoisotopic (exact) mass is 355 g/mol. The number of nitrogens with one attached hydrogen (secondary N) is 2. The van der Waals surface area contributed by atoms with Crippen LogP contribution in [-0.2, 0) is 0 Å². The van der Waals surface area contributed by atoms with Gasteiger partial charge in [0.15, 0.2) is 0 Å². The summed E-state index contributed by atoms with van der Waals surface area (Å²) in [5, 5.41) is 4.17. The molecule has 4 nitrogen and oxygen atoms in total. The lowest BCUT2D eigenvalue weighted by Crippen LogP contribution is -2.34. The van der Waals surface area contributed by atoms with Crippen molar-refractivity contribution in [3.8, 4) is 10.6 Å². The molecule has 1 saturated heterocycles. The molecule has 4 rings (SSSR count). The topological polar surface area (TPSA) is 57.8 Å². The van der Waals surface area contributed by atoms with Gasteiger partial charge in [0, 0.05) is 19.7 Å². The molecule has 2 aromatic heterocycles. The minimum absolute atomic E-state index is 0.00170. The van der Waals surface area contributed by atoms with E-state index in [1.54, 1.807) is 11.3 Å². The zero-order valence-corrected chi connectivity index (χ0v) is 15.7. The first-order valence-corrected chi connectivity index (χ1v) is 12.6. The quantitative estimate of drug-likeness (QED) is 0.680. The largest absolute Gasteiger partial charge is 0.348 e. The number of rotatable bonds is 3. The van der Waals surface area contributed by atoms with E-state index in [0.29, 0.717) is 11.7 Å². The molecule has 0 bridgehead atoms. The highest BCUT2D eigenvalue weighted by Crippen LogP contribution is 2.32. The van der Waals surface area contributed by atoms with E-state index in [1.807, 2.05) is 24.3 Å². The predicted molar refractivity (Wildman–Crippen MR) is 102 cm³/mol. The molecule has 1 fully saturated rings. The van der Waals surface area contributed by atoms with Crippen LogP contribution in [0.15, 0.2) is 36.4 Å². The number of carbonyl (C=O) groups is 1. The zero-order valence-electron chi connectivity index (χ0n) is 13.9. The van der Waals surface area contributed by atoms with Crippen molar-refractivity contribution in [1.82, 2.24) is 15.3 Å². The first-order valence-electron chi connectivity index (χ1n) is 8.36. The van der Waals surface area contributed by atoms with Crippen LogP contribution in [0.3, 0.4) is 0 Å². The van der Waals surface area contributed by atoms with E-state index in [-0.39, 0.29) is 5.91 Å². The van der Waals surface area contributed by atoms with Crippen LogP contribution in [0.2, 0.25) is 25.2 Å². The lowest BCUT2D eigenvalue weighted by molar-refractivity contribution is 0.0936. The molecule has 124 valence electrons. The average Bonchev–Trinajstić information content (AvgIpc) is 3.20. The molecule has 1 aliphatic heterocycles. The summed E-state index contributed by atoms with van der Waals surface area (Å²) >= 11 is 1.62. The molecule has 1 unspecified atom stereocenters. The molecule has 1 aromatic carbocycles. The van der Waals surface area contributed by atoms with Crippen LogP contribution in [0.5, 0.6) is 0 Å². The lowest BCUT2D eigenvalue weighted by Gasteiger charge is -2.15. The Morgan fingerprint density at radius 1 is 1.33 bits per heavy atom. The fourth-order valence-corrected chi connectivity index (χ4v) is 7.41. The second-order valence-electron chi connectivity index (χ2n) is 7.36. The Balaban J connectivity index is 1.51. The summed E-state index contributed by atoms with van der Waals surface area (Å²) in [6.07, 6.45) is 1.12. The van der Waals surface area contributed by atoms with Crippen molar-refractivity contribution in [3.05, 3.63) is 42.1 Å². The molecule has 1 amide bonds. The van der Waals surface area contributed by atoms with Crippen molar-refractivity contribution >= 4 is 35.7 Å². The number of hydrogen-bond donors (Lipinski definition) is 2. The maximum absolute atomic E-state index is 12.5. The highest BCUT2D eigenvalue weighted by Gasteiger charge is 2.33. The maximum atomic E-state index is 12.5. The Morgan fingerprint density at radius 3 is 2.79 bits per heavy atom. The van der Waals surface area contributed by atoms with Crippen LogP contribution in [0, 0.1) is 0 Å². The SMILES string of the molecule is C[Si]1(C)CCC(NC(=O)c2cc3sc(-c4ccccc4)nc3[nH]2)C1. The number of carbonyl (C=O) groups excluding carboxylic acids is 1. The Hall–Kier alpha value is -1.92. The van der Waals surface area contributed by atoms with E-state index in [0.717, 1.165) is 27.3 Å². The molecule has 2 N–H and O–H groups in total. The predicted octanol–water partition coefficient (Wildman–Crippen LogP) is 4.50.